The molecule has 0 aromatic carbocycles. The van der Waals surface area contributed by atoms with Gasteiger partial charge in [0.15, 0.2) is 0 Å². The van der Waals surface area contributed by atoms with Crippen molar-refractivity contribution in [3.05, 3.63) is 11.3 Å². The molecule has 8 heteroatoms. The Morgan fingerprint density at radius 2 is 2.24 bits per heavy atom. The normalized spacial score (nSPS) is 19.7. The number of aromatic nitrogens is 2. The lowest BCUT2D eigenvalue weighted by atomic mass is 10.2. The molecule has 1 fully saturated rings. The third kappa shape index (κ3) is 3.59. The monoisotopic (exact) mass is 329 g/mol. The van der Waals surface area contributed by atoms with Crippen molar-refractivity contribution >= 4 is 35.2 Å². The zero-order valence-corrected chi connectivity index (χ0v) is 14.3. The molecular formula is C13H20ClN5OS. The Balaban J connectivity index is 2.30. The molecule has 0 spiro atoms. The second kappa shape index (κ2) is 6.81. The number of anilines is 1. The number of carbonyl (C=O) groups excluding carboxylic acids is 1. The predicted molar refractivity (Wildman–Crippen MR) is 85.9 cm³/mol. The van der Waals surface area contributed by atoms with E-state index in [1.165, 1.54) is 11.8 Å². The zero-order valence-electron chi connectivity index (χ0n) is 12.7. The molecule has 1 saturated heterocycles. The maximum Gasteiger partial charge on any atom is 0.228 e. The molecule has 1 aliphatic heterocycles. The minimum absolute atomic E-state index is 0.0205. The fourth-order valence-electron chi connectivity index (χ4n) is 2.29. The first-order valence-corrected chi connectivity index (χ1v) is 8.29. The summed E-state index contributed by atoms with van der Waals surface area (Å²) in [5, 5.41) is 0.454. The fourth-order valence-corrected chi connectivity index (χ4v) is 3.02. The third-order valence-corrected chi connectivity index (χ3v) is 4.82. The highest BCUT2D eigenvalue weighted by Crippen LogP contribution is 2.26. The van der Waals surface area contributed by atoms with Crippen molar-refractivity contribution in [1.82, 2.24) is 19.8 Å². The van der Waals surface area contributed by atoms with Crippen LogP contribution in [0.2, 0.25) is 5.15 Å². The molecule has 6 nitrogen and oxygen atoms in total. The Morgan fingerprint density at radius 1 is 1.52 bits per heavy atom. The molecule has 1 unspecified atom stereocenters. The molecule has 21 heavy (non-hydrogen) atoms. The van der Waals surface area contributed by atoms with E-state index in [1.807, 2.05) is 18.2 Å². The van der Waals surface area contributed by atoms with Crippen molar-refractivity contribution in [2.24, 2.45) is 0 Å². The highest BCUT2D eigenvalue weighted by Gasteiger charge is 2.31. The van der Waals surface area contributed by atoms with Gasteiger partial charge in [-0.2, -0.15) is 4.98 Å². The summed E-state index contributed by atoms with van der Waals surface area (Å²) in [6.45, 7) is 3.97. The van der Waals surface area contributed by atoms with Crippen LogP contribution in [-0.4, -0.2) is 71.8 Å². The quantitative estimate of drug-likeness (QED) is 0.617. The van der Waals surface area contributed by atoms with Crippen molar-refractivity contribution in [3.63, 3.8) is 0 Å². The van der Waals surface area contributed by atoms with E-state index < -0.39 is 0 Å². The highest BCUT2D eigenvalue weighted by atomic mass is 35.5. The maximum atomic E-state index is 11.7. The summed E-state index contributed by atoms with van der Waals surface area (Å²) in [6, 6.07) is 0. The molecule has 0 aliphatic carbocycles. The number of thioether (sulfide) groups is 1. The summed E-state index contributed by atoms with van der Waals surface area (Å²) in [5.41, 5.74) is 0. The van der Waals surface area contributed by atoms with Crippen LogP contribution in [0.5, 0.6) is 0 Å². The molecular weight excluding hydrogens is 310 g/mol. The Labute approximate surface area is 134 Å². The molecule has 0 radical (unpaired) electrons. The minimum Gasteiger partial charge on any atom is -0.324 e. The van der Waals surface area contributed by atoms with Gasteiger partial charge in [-0.05, 0) is 13.3 Å². The van der Waals surface area contributed by atoms with Crippen LogP contribution < -0.4 is 4.90 Å². The van der Waals surface area contributed by atoms with Crippen molar-refractivity contribution in [3.8, 4) is 0 Å². The van der Waals surface area contributed by atoms with E-state index in [-0.39, 0.29) is 12.1 Å². The summed E-state index contributed by atoms with van der Waals surface area (Å²) >= 11 is 7.69. The Bertz CT molecular complexity index is 529. The molecule has 116 valence electrons. The first-order valence-electron chi connectivity index (χ1n) is 6.69. The van der Waals surface area contributed by atoms with E-state index in [4.69, 9.17) is 11.6 Å². The minimum atomic E-state index is -0.0857. The van der Waals surface area contributed by atoms with Crippen molar-refractivity contribution in [2.75, 3.05) is 44.9 Å². The molecule has 1 atom stereocenters. The Hall–Kier alpha value is -1.05. The van der Waals surface area contributed by atoms with Crippen LogP contribution in [0.25, 0.3) is 0 Å². The van der Waals surface area contributed by atoms with E-state index in [9.17, 15) is 4.79 Å². The van der Waals surface area contributed by atoms with Crippen LogP contribution in [0.3, 0.4) is 0 Å². The van der Waals surface area contributed by atoms with Gasteiger partial charge in [-0.25, -0.2) is 4.98 Å². The van der Waals surface area contributed by atoms with Gasteiger partial charge in [0.05, 0.1) is 4.90 Å². The number of hydrogen-bond donors (Lipinski definition) is 0. The maximum absolute atomic E-state index is 11.7. The van der Waals surface area contributed by atoms with Crippen molar-refractivity contribution < 1.29 is 4.79 Å². The van der Waals surface area contributed by atoms with Gasteiger partial charge in [-0.3, -0.25) is 4.79 Å². The van der Waals surface area contributed by atoms with Gasteiger partial charge in [0.1, 0.15) is 11.3 Å². The smallest absolute Gasteiger partial charge is 0.228 e. The summed E-state index contributed by atoms with van der Waals surface area (Å²) in [5.74, 6) is 0.594. The molecule has 1 amide bonds. The summed E-state index contributed by atoms with van der Waals surface area (Å²) < 4.78 is 0. The first kappa shape index (κ1) is 16.3. The predicted octanol–water partition coefficient (Wildman–Crippen LogP) is 1.41. The molecule has 1 aromatic heterocycles. The number of rotatable bonds is 3. The lowest BCUT2D eigenvalue weighted by molar-refractivity contribution is -0.130. The number of nitrogens with zero attached hydrogens (tertiary/aromatic N) is 5. The van der Waals surface area contributed by atoms with Crippen LogP contribution >= 0.6 is 23.4 Å². The standard InChI is InChI=1S/C13H20ClN5OS/c1-9(20)18(3)11-8-17(2)5-6-19(11)13-15-7-10(21-4)12(14)16-13/h7,11H,5-6,8H2,1-4H3. The Morgan fingerprint density at radius 3 is 2.81 bits per heavy atom. The summed E-state index contributed by atoms with van der Waals surface area (Å²) in [4.78, 5) is 27.3. The van der Waals surface area contributed by atoms with E-state index in [2.05, 4.69) is 14.9 Å². The molecule has 1 aromatic rings. The van der Waals surface area contributed by atoms with Crippen LogP contribution in [0.1, 0.15) is 6.92 Å². The average molecular weight is 330 g/mol. The van der Waals surface area contributed by atoms with Crippen LogP contribution in [0, 0.1) is 0 Å². The van der Waals surface area contributed by atoms with Crippen LogP contribution in [0.4, 0.5) is 5.95 Å². The fraction of sp³-hybridized carbons (Fsp3) is 0.615. The van der Waals surface area contributed by atoms with Crippen LogP contribution in [0.15, 0.2) is 11.1 Å². The lowest BCUT2D eigenvalue weighted by Gasteiger charge is -2.43. The van der Waals surface area contributed by atoms with Gasteiger partial charge in [-0.1, -0.05) is 11.6 Å². The van der Waals surface area contributed by atoms with Gasteiger partial charge >= 0.3 is 0 Å². The van der Waals surface area contributed by atoms with Gasteiger partial charge in [-0.15, -0.1) is 11.8 Å². The number of carbonyl (C=O) groups is 1. The number of likely N-dealkylation sites (N-methyl/N-ethyl adjacent to an activating group) is 2. The number of hydrogen-bond acceptors (Lipinski definition) is 6. The van der Waals surface area contributed by atoms with Gasteiger partial charge < -0.3 is 14.7 Å². The van der Waals surface area contributed by atoms with Crippen molar-refractivity contribution in [2.45, 2.75) is 18.0 Å². The molecule has 1 aliphatic rings. The number of halogens is 1. The molecule has 0 saturated carbocycles. The van der Waals surface area contributed by atoms with Crippen molar-refractivity contribution in [1.29, 1.82) is 0 Å². The second-order valence-corrected chi connectivity index (χ2v) is 6.30. The topological polar surface area (TPSA) is 52.6 Å². The van der Waals surface area contributed by atoms with Gasteiger partial charge in [0.2, 0.25) is 11.9 Å². The zero-order chi connectivity index (χ0) is 15.6. The van der Waals surface area contributed by atoms with Gasteiger partial charge in [0, 0.05) is 39.8 Å². The third-order valence-electron chi connectivity index (χ3n) is 3.68. The van der Waals surface area contributed by atoms with E-state index in [0.717, 1.165) is 24.5 Å². The average Bonchev–Trinajstić information content (AvgIpc) is 2.46. The summed E-state index contributed by atoms with van der Waals surface area (Å²) in [7, 11) is 3.85. The van der Waals surface area contributed by atoms with Crippen LogP contribution in [-0.2, 0) is 4.79 Å². The Kier molecular flexibility index (Phi) is 5.29. The van der Waals surface area contributed by atoms with Gasteiger partial charge in [0.25, 0.3) is 0 Å². The first-order chi connectivity index (χ1) is 9.93. The highest BCUT2D eigenvalue weighted by molar-refractivity contribution is 7.98. The van der Waals surface area contributed by atoms with E-state index in [1.54, 1.807) is 25.1 Å². The summed E-state index contributed by atoms with van der Waals surface area (Å²) in [6.07, 6.45) is 3.59. The van der Waals surface area contributed by atoms with E-state index in [0.29, 0.717) is 11.1 Å². The largest absolute Gasteiger partial charge is 0.324 e. The molecule has 2 rings (SSSR count). The number of amides is 1. The lowest BCUT2D eigenvalue weighted by Crippen LogP contribution is -2.60. The molecule has 0 N–H and O–H groups in total. The van der Waals surface area contributed by atoms with E-state index >= 15 is 0 Å². The number of piperazine rings is 1. The molecule has 2 heterocycles. The SMILES string of the molecule is CSc1cnc(N2CCN(C)CC2N(C)C(C)=O)nc1Cl. The second-order valence-electron chi connectivity index (χ2n) is 5.10. The molecule has 0 bridgehead atoms.